The molecule has 0 amide bonds. The molecule has 0 bridgehead atoms. The Hall–Kier alpha value is -1.39. The van der Waals surface area contributed by atoms with E-state index in [2.05, 4.69) is 20.8 Å². The molecule has 0 unspecified atom stereocenters. The lowest BCUT2D eigenvalue weighted by molar-refractivity contribution is 0.319. The minimum atomic E-state index is -0.200. The molecule has 0 heterocycles. The van der Waals surface area contributed by atoms with Crippen LogP contribution in [0, 0.1) is 5.82 Å². The molecule has 0 fully saturated rings. The summed E-state index contributed by atoms with van der Waals surface area (Å²) in [6.45, 7) is 1.60. The van der Waals surface area contributed by atoms with Crippen molar-refractivity contribution in [3.8, 4) is 0 Å². The first kappa shape index (κ1) is 14.0. The number of hydrogen-bond donors (Lipinski definition) is 1. The summed E-state index contributed by atoms with van der Waals surface area (Å²) in [5.41, 5.74) is 8.78. The molecular formula is C15H16BrFN2. The van der Waals surface area contributed by atoms with Crippen molar-refractivity contribution in [2.75, 3.05) is 12.8 Å². The molecule has 2 nitrogen and oxygen atoms in total. The van der Waals surface area contributed by atoms with E-state index in [-0.39, 0.29) is 5.82 Å². The van der Waals surface area contributed by atoms with Gasteiger partial charge in [0.1, 0.15) is 5.82 Å². The van der Waals surface area contributed by atoms with E-state index < -0.39 is 0 Å². The summed E-state index contributed by atoms with van der Waals surface area (Å²) in [6, 6.07) is 12.5. The maximum atomic E-state index is 12.8. The van der Waals surface area contributed by atoms with E-state index in [0.717, 1.165) is 28.8 Å². The Kier molecular flexibility index (Phi) is 4.56. The second-order valence-electron chi connectivity index (χ2n) is 4.65. The number of nitrogens with zero attached hydrogens (tertiary/aromatic N) is 1. The van der Waals surface area contributed by atoms with Crippen molar-refractivity contribution in [2.24, 2.45) is 0 Å². The summed E-state index contributed by atoms with van der Waals surface area (Å²) in [6.07, 6.45) is 0. The van der Waals surface area contributed by atoms with Gasteiger partial charge in [-0.25, -0.2) is 4.39 Å². The summed E-state index contributed by atoms with van der Waals surface area (Å²) < 4.78 is 13.7. The van der Waals surface area contributed by atoms with Gasteiger partial charge in [0.15, 0.2) is 0 Å². The highest BCUT2D eigenvalue weighted by Gasteiger charge is 2.04. The van der Waals surface area contributed by atoms with E-state index in [1.54, 1.807) is 0 Å². The summed E-state index contributed by atoms with van der Waals surface area (Å²) in [7, 11) is 2.04. The van der Waals surface area contributed by atoms with E-state index >= 15 is 0 Å². The van der Waals surface area contributed by atoms with Crippen molar-refractivity contribution in [2.45, 2.75) is 13.1 Å². The van der Waals surface area contributed by atoms with E-state index in [1.165, 1.54) is 17.7 Å². The lowest BCUT2D eigenvalue weighted by atomic mass is 10.1. The molecule has 0 atom stereocenters. The molecule has 100 valence electrons. The molecule has 2 aromatic carbocycles. The van der Waals surface area contributed by atoms with Crippen molar-refractivity contribution < 1.29 is 4.39 Å². The number of rotatable bonds is 4. The minimum Gasteiger partial charge on any atom is -0.398 e. The SMILES string of the molecule is CN(Cc1ccc(F)cc1)Cc1ccc(N)c(Br)c1. The first-order valence-electron chi connectivity index (χ1n) is 6.01. The Bertz CT molecular complexity index is 555. The van der Waals surface area contributed by atoms with Crippen LogP contribution >= 0.6 is 15.9 Å². The van der Waals surface area contributed by atoms with Crippen molar-refractivity contribution in [1.82, 2.24) is 4.90 Å². The van der Waals surface area contributed by atoms with Crippen LogP contribution in [0.15, 0.2) is 46.9 Å². The molecule has 19 heavy (non-hydrogen) atoms. The van der Waals surface area contributed by atoms with Crippen molar-refractivity contribution >= 4 is 21.6 Å². The maximum Gasteiger partial charge on any atom is 0.123 e. The van der Waals surface area contributed by atoms with Gasteiger partial charge >= 0.3 is 0 Å². The molecule has 0 saturated carbocycles. The van der Waals surface area contributed by atoms with Crippen LogP contribution in [0.1, 0.15) is 11.1 Å². The monoisotopic (exact) mass is 322 g/mol. The van der Waals surface area contributed by atoms with Crippen LogP contribution in [-0.4, -0.2) is 11.9 Å². The van der Waals surface area contributed by atoms with Gasteiger partial charge in [-0.2, -0.15) is 0 Å². The zero-order chi connectivity index (χ0) is 13.8. The normalized spacial score (nSPS) is 10.9. The number of anilines is 1. The molecule has 4 heteroatoms. The van der Waals surface area contributed by atoms with Gasteiger partial charge in [-0.3, -0.25) is 4.90 Å². The van der Waals surface area contributed by atoms with Gasteiger partial charge in [-0.05, 0) is 58.4 Å². The number of benzene rings is 2. The second kappa shape index (κ2) is 6.17. The fourth-order valence-corrected chi connectivity index (χ4v) is 2.36. The molecule has 0 aromatic heterocycles. The molecule has 2 rings (SSSR count). The Morgan fingerprint density at radius 1 is 1.05 bits per heavy atom. The van der Waals surface area contributed by atoms with Crippen LogP contribution in [0.3, 0.4) is 0 Å². The Balaban J connectivity index is 1.98. The largest absolute Gasteiger partial charge is 0.398 e. The maximum absolute atomic E-state index is 12.8. The Morgan fingerprint density at radius 2 is 1.63 bits per heavy atom. The molecule has 2 N–H and O–H groups in total. The molecule has 0 spiro atoms. The van der Waals surface area contributed by atoms with Crippen LogP contribution in [0.4, 0.5) is 10.1 Å². The number of hydrogen-bond acceptors (Lipinski definition) is 2. The molecule has 0 radical (unpaired) electrons. The third kappa shape index (κ3) is 4.04. The minimum absolute atomic E-state index is 0.200. The van der Waals surface area contributed by atoms with Gasteiger partial charge in [0.25, 0.3) is 0 Å². The zero-order valence-corrected chi connectivity index (χ0v) is 12.3. The summed E-state index contributed by atoms with van der Waals surface area (Å²) >= 11 is 3.43. The van der Waals surface area contributed by atoms with Gasteiger partial charge in [-0.15, -0.1) is 0 Å². The number of nitrogen functional groups attached to an aromatic ring is 1. The number of halogens is 2. The fraction of sp³-hybridized carbons (Fsp3) is 0.200. The quantitative estimate of drug-likeness (QED) is 0.867. The summed E-state index contributed by atoms with van der Waals surface area (Å²) in [5, 5.41) is 0. The molecule has 0 saturated heterocycles. The van der Waals surface area contributed by atoms with Crippen LogP contribution < -0.4 is 5.73 Å². The highest BCUT2D eigenvalue weighted by Crippen LogP contribution is 2.21. The Labute approximate surface area is 121 Å². The van der Waals surface area contributed by atoms with E-state index in [4.69, 9.17) is 5.73 Å². The fourth-order valence-electron chi connectivity index (χ4n) is 1.94. The van der Waals surface area contributed by atoms with Crippen LogP contribution in [0.2, 0.25) is 0 Å². The van der Waals surface area contributed by atoms with Gasteiger partial charge in [-0.1, -0.05) is 18.2 Å². The highest BCUT2D eigenvalue weighted by atomic mass is 79.9. The molecule has 0 aliphatic carbocycles. The van der Waals surface area contributed by atoms with Crippen LogP contribution in [0.5, 0.6) is 0 Å². The third-order valence-corrected chi connectivity index (χ3v) is 3.57. The van der Waals surface area contributed by atoms with E-state index in [1.807, 2.05) is 37.4 Å². The van der Waals surface area contributed by atoms with E-state index in [0.29, 0.717) is 0 Å². The predicted molar refractivity (Wildman–Crippen MR) is 80.1 cm³/mol. The zero-order valence-electron chi connectivity index (χ0n) is 10.7. The first-order valence-corrected chi connectivity index (χ1v) is 6.81. The Morgan fingerprint density at radius 3 is 2.26 bits per heavy atom. The summed E-state index contributed by atoms with van der Waals surface area (Å²) in [5.74, 6) is -0.200. The first-order chi connectivity index (χ1) is 9.04. The van der Waals surface area contributed by atoms with E-state index in [9.17, 15) is 4.39 Å². The van der Waals surface area contributed by atoms with Crippen LogP contribution in [0.25, 0.3) is 0 Å². The van der Waals surface area contributed by atoms with Gasteiger partial charge in [0.2, 0.25) is 0 Å². The third-order valence-electron chi connectivity index (χ3n) is 2.88. The lowest BCUT2D eigenvalue weighted by Gasteiger charge is -2.17. The van der Waals surface area contributed by atoms with Gasteiger partial charge in [0.05, 0.1) is 0 Å². The molecule has 0 aliphatic heterocycles. The average molecular weight is 323 g/mol. The smallest absolute Gasteiger partial charge is 0.123 e. The van der Waals surface area contributed by atoms with Crippen molar-refractivity contribution in [1.29, 1.82) is 0 Å². The number of nitrogens with two attached hydrogens (primary N) is 1. The topological polar surface area (TPSA) is 29.3 Å². The van der Waals surface area contributed by atoms with Crippen LogP contribution in [-0.2, 0) is 13.1 Å². The highest BCUT2D eigenvalue weighted by molar-refractivity contribution is 9.10. The molecule has 0 aliphatic rings. The van der Waals surface area contributed by atoms with Crippen molar-refractivity contribution in [3.05, 3.63) is 63.9 Å². The summed E-state index contributed by atoms with van der Waals surface area (Å²) in [4.78, 5) is 2.17. The average Bonchev–Trinajstić information content (AvgIpc) is 2.37. The van der Waals surface area contributed by atoms with Gasteiger partial charge in [0, 0.05) is 23.2 Å². The van der Waals surface area contributed by atoms with Gasteiger partial charge < -0.3 is 5.73 Å². The second-order valence-corrected chi connectivity index (χ2v) is 5.51. The van der Waals surface area contributed by atoms with Crippen molar-refractivity contribution in [3.63, 3.8) is 0 Å². The predicted octanol–water partition coefficient (Wildman–Crippen LogP) is 3.80. The molecule has 2 aromatic rings. The molecular weight excluding hydrogens is 307 g/mol. The lowest BCUT2D eigenvalue weighted by Crippen LogP contribution is -2.17. The standard InChI is InChI=1S/C15H16BrFN2/c1-19(9-11-2-5-13(17)6-3-11)10-12-4-7-15(18)14(16)8-12/h2-8H,9-10,18H2,1H3.